The number of hydrogen-bond donors (Lipinski definition) is 2. The lowest BCUT2D eigenvalue weighted by Crippen LogP contribution is -2.45. The van der Waals surface area contributed by atoms with Crippen molar-refractivity contribution in [2.24, 2.45) is 25.8 Å². The van der Waals surface area contributed by atoms with Crippen molar-refractivity contribution in [2.45, 2.75) is 39.3 Å². The number of halogens is 1. The summed E-state index contributed by atoms with van der Waals surface area (Å²) in [4.78, 5) is 19.0. The fourth-order valence-corrected chi connectivity index (χ4v) is 3.20. The Morgan fingerprint density at radius 1 is 1.50 bits per heavy atom. The number of hydrogen-bond acceptors (Lipinski definition) is 5. The number of carbonyl (C=O) groups is 1. The number of carbonyl (C=O) groups excluding carboxylic acids is 1. The van der Waals surface area contributed by atoms with Gasteiger partial charge in [0.1, 0.15) is 0 Å². The first-order valence-corrected chi connectivity index (χ1v) is 8.31. The van der Waals surface area contributed by atoms with E-state index in [2.05, 4.69) is 8.20 Å². The van der Waals surface area contributed by atoms with Gasteiger partial charge in [-0.2, -0.15) is 0 Å². The molecule has 3 N–H and O–H groups in total. The van der Waals surface area contributed by atoms with Crippen LogP contribution in [0.25, 0.3) is 0 Å². The van der Waals surface area contributed by atoms with Crippen molar-refractivity contribution >= 4 is 40.7 Å². The molecule has 0 aliphatic carbocycles. The van der Waals surface area contributed by atoms with Crippen molar-refractivity contribution < 1.29 is 9.90 Å². The van der Waals surface area contributed by atoms with Crippen LogP contribution in [0.4, 0.5) is 0 Å². The molecular formula is C15H25IN4O2. The molecule has 1 heterocycles. The van der Waals surface area contributed by atoms with Gasteiger partial charge in [0.05, 0.1) is 40.9 Å². The number of amides is 1. The quantitative estimate of drug-likeness (QED) is 0.523. The van der Waals surface area contributed by atoms with Gasteiger partial charge in [-0.25, -0.2) is 3.21 Å². The Morgan fingerprint density at radius 2 is 2.14 bits per heavy atom. The fraction of sp³-hybridized carbons (Fsp3) is 0.667. The van der Waals surface area contributed by atoms with E-state index < -0.39 is 6.10 Å². The average Bonchev–Trinajstić information content (AvgIpc) is 2.87. The molecule has 22 heavy (non-hydrogen) atoms. The van der Waals surface area contributed by atoms with Gasteiger partial charge in [-0.3, -0.25) is 9.79 Å². The Morgan fingerprint density at radius 3 is 2.59 bits per heavy atom. The Balaban J connectivity index is 3.13. The molecule has 1 saturated heterocycles. The molecule has 0 aromatic carbocycles. The van der Waals surface area contributed by atoms with E-state index in [-0.39, 0.29) is 23.8 Å². The Bertz CT molecular complexity index is 488. The van der Waals surface area contributed by atoms with E-state index in [9.17, 15) is 9.90 Å². The summed E-state index contributed by atoms with van der Waals surface area (Å²) in [7, 11) is 1.70. The maximum Gasteiger partial charge on any atom is 0.231 e. The smallest absolute Gasteiger partial charge is 0.231 e. The van der Waals surface area contributed by atoms with Gasteiger partial charge in [-0.1, -0.05) is 13.8 Å². The zero-order chi connectivity index (χ0) is 16.9. The molecule has 1 aliphatic heterocycles. The lowest BCUT2D eigenvalue weighted by atomic mass is 9.87. The predicted octanol–water partition coefficient (Wildman–Crippen LogP) is 1.57. The zero-order valence-corrected chi connectivity index (χ0v) is 15.7. The number of aliphatic hydroxyl groups excluding tert-OH is 1. The van der Waals surface area contributed by atoms with E-state index in [1.165, 1.54) is 6.20 Å². The molecule has 1 fully saturated rings. The lowest BCUT2D eigenvalue weighted by molar-refractivity contribution is -0.135. The van der Waals surface area contributed by atoms with Gasteiger partial charge < -0.3 is 15.7 Å². The molecule has 6 nitrogen and oxygen atoms in total. The van der Waals surface area contributed by atoms with Gasteiger partial charge in [-0.05, 0) is 24.6 Å². The second-order valence-electron chi connectivity index (χ2n) is 5.88. The van der Waals surface area contributed by atoms with E-state index >= 15 is 0 Å². The van der Waals surface area contributed by atoms with Crippen LogP contribution in [-0.4, -0.2) is 53.6 Å². The van der Waals surface area contributed by atoms with Gasteiger partial charge in [0.15, 0.2) is 0 Å². The van der Waals surface area contributed by atoms with Crippen LogP contribution >= 0.6 is 22.9 Å². The number of aliphatic imine (C=N–C) groups is 1. The monoisotopic (exact) mass is 420 g/mol. The first-order chi connectivity index (χ1) is 10.4. The molecule has 7 heteroatoms. The number of aliphatic hydroxyl groups is 1. The molecule has 1 rings (SSSR count). The van der Waals surface area contributed by atoms with Crippen LogP contribution < -0.4 is 5.73 Å². The van der Waals surface area contributed by atoms with Crippen molar-refractivity contribution in [1.82, 2.24) is 4.90 Å². The molecule has 124 valence electrons. The van der Waals surface area contributed by atoms with Crippen molar-refractivity contribution in [3.63, 3.8) is 0 Å². The Labute approximate surface area is 146 Å². The maximum absolute atomic E-state index is 13.0. The summed E-state index contributed by atoms with van der Waals surface area (Å²) in [6, 6.07) is -0.149. The van der Waals surface area contributed by atoms with Gasteiger partial charge in [-0.15, -0.1) is 0 Å². The third-order valence-electron chi connectivity index (χ3n) is 4.08. The van der Waals surface area contributed by atoms with Crippen LogP contribution in [0.5, 0.6) is 0 Å². The highest BCUT2D eigenvalue weighted by molar-refractivity contribution is 14.1. The molecule has 0 aromatic rings. The van der Waals surface area contributed by atoms with Crippen LogP contribution in [0.1, 0.15) is 27.2 Å². The average molecular weight is 420 g/mol. The molecule has 1 aliphatic rings. The molecule has 0 spiro atoms. The molecule has 1 amide bonds. The van der Waals surface area contributed by atoms with Crippen molar-refractivity contribution in [1.29, 1.82) is 0 Å². The molecule has 0 radical (unpaired) electrons. The van der Waals surface area contributed by atoms with Crippen molar-refractivity contribution in [3.8, 4) is 0 Å². The number of nitrogens with two attached hydrogens (primary N) is 1. The first kappa shape index (κ1) is 19.1. The van der Waals surface area contributed by atoms with Gasteiger partial charge in [0.25, 0.3) is 0 Å². The minimum atomic E-state index is -0.512. The number of rotatable bonds is 5. The first-order valence-electron chi connectivity index (χ1n) is 7.35. The minimum Gasteiger partial charge on any atom is -0.404 e. The fourth-order valence-electron chi connectivity index (χ4n) is 2.88. The van der Waals surface area contributed by atoms with Gasteiger partial charge >= 0.3 is 0 Å². The Hall–Kier alpha value is -0.960. The zero-order valence-electron chi connectivity index (χ0n) is 13.5. The summed E-state index contributed by atoms with van der Waals surface area (Å²) < 4.78 is 3.96. The molecule has 0 aromatic heterocycles. The highest BCUT2D eigenvalue weighted by Crippen LogP contribution is 2.28. The van der Waals surface area contributed by atoms with Gasteiger partial charge in [0.2, 0.25) is 5.91 Å². The van der Waals surface area contributed by atoms with Crippen molar-refractivity contribution in [2.75, 3.05) is 13.6 Å². The summed E-state index contributed by atoms with van der Waals surface area (Å²) in [5, 5.41) is 9.97. The maximum atomic E-state index is 13.0. The van der Waals surface area contributed by atoms with Gasteiger partial charge in [0, 0.05) is 31.9 Å². The Kier molecular flexibility index (Phi) is 7.47. The highest BCUT2D eigenvalue weighted by Gasteiger charge is 2.40. The number of likely N-dealkylation sites (tertiary alicyclic amines) is 1. The van der Waals surface area contributed by atoms with E-state index in [0.29, 0.717) is 18.5 Å². The third kappa shape index (κ3) is 4.28. The number of β-amino-alcohol motifs (C(OH)–C–C–N with tert-alkyl or cyclic N) is 1. The summed E-state index contributed by atoms with van der Waals surface area (Å²) in [6.07, 6.45) is 3.07. The highest BCUT2D eigenvalue weighted by atomic mass is 127. The summed E-state index contributed by atoms with van der Waals surface area (Å²) in [6.45, 7) is 6.18. The van der Waals surface area contributed by atoms with Crippen LogP contribution in [0, 0.1) is 11.8 Å². The van der Waals surface area contributed by atoms with Crippen LogP contribution in [-0.2, 0) is 4.79 Å². The summed E-state index contributed by atoms with van der Waals surface area (Å²) >= 11 is 1.87. The molecule has 0 saturated carbocycles. The lowest BCUT2D eigenvalue weighted by Gasteiger charge is -2.30. The van der Waals surface area contributed by atoms with E-state index in [1.54, 1.807) is 18.2 Å². The van der Waals surface area contributed by atoms with E-state index in [4.69, 9.17) is 5.73 Å². The molecular weight excluding hydrogens is 395 g/mol. The normalized spacial score (nSPS) is 25.3. The third-order valence-corrected chi connectivity index (χ3v) is 4.36. The van der Waals surface area contributed by atoms with E-state index in [0.717, 1.165) is 5.71 Å². The SMILES string of the molecule is CN=C(C)C1CC(O)CN1C(=O)C(C(C=NI)=CN)C(C)C. The van der Waals surface area contributed by atoms with Crippen LogP contribution in [0.3, 0.4) is 0 Å². The van der Waals surface area contributed by atoms with E-state index in [1.807, 2.05) is 43.6 Å². The second-order valence-corrected chi connectivity index (χ2v) is 6.43. The summed E-state index contributed by atoms with van der Waals surface area (Å²) in [5.41, 5.74) is 7.23. The minimum absolute atomic E-state index is 0.0347. The van der Waals surface area contributed by atoms with Crippen molar-refractivity contribution in [3.05, 3.63) is 11.8 Å². The topological polar surface area (TPSA) is 91.3 Å². The largest absolute Gasteiger partial charge is 0.404 e. The second kappa shape index (κ2) is 8.61. The summed E-state index contributed by atoms with van der Waals surface area (Å²) in [5.74, 6) is -0.331. The van der Waals surface area contributed by atoms with Crippen LogP contribution in [0.15, 0.2) is 20.0 Å². The predicted molar refractivity (Wildman–Crippen MR) is 98.3 cm³/mol. The van der Waals surface area contributed by atoms with Crippen LogP contribution in [0.2, 0.25) is 0 Å². The standard InChI is InChI=1S/C15H25IN4O2/c1-9(2)14(11(6-17)7-19-16)15(22)20-8-12(21)5-13(20)10(3)18-4/h6-7,9,12-14,21H,5,8,17H2,1-4H3. The molecule has 3 atom stereocenters. The molecule has 0 bridgehead atoms. The number of nitrogens with zero attached hydrogens (tertiary/aromatic N) is 3. The molecule has 3 unspecified atom stereocenters.